The first kappa shape index (κ1) is 15.3. The first-order valence-corrected chi connectivity index (χ1v) is 7.16. The van der Waals surface area contributed by atoms with Crippen molar-refractivity contribution in [3.05, 3.63) is 42.6 Å². The monoisotopic (exact) mass is 286 g/mol. The van der Waals surface area contributed by atoms with E-state index in [9.17, 15) is 0 Å². The molecule has 0 aliphatic heterocycles. The van der Waals surface area contributed by atoms with Gasteiger partial charge in [0.1, 0.15) is 18.1 Å². The molecule has 0 radical (unpaired) electrons. The summed E-state index contributed by atoms with van der Waals surface area (Å²) in [5, 5.41) is 0. The van der Waals surface area contributed by atoms with Crippen LogP contribution in [0, 0.1) is 0 Å². The maximum absolute atomic E-state index is 5.75. The molecule has 0 amide bonds. The van der Waals surface area contributed by atoms with E-state index in [1.807, 2.05) is 57.4 Å². The minimum Gasteiger partial charge on any atom is -0.493 e. The number of nitrogens with zero attached hydrogens (tertiary/aromatic N) is 2. The molecule has 0 saturated carbocycles. The first-order chi connectivity index (χ1) is 10.2. The Balaban J connectivity index is 2.19. The van der Waals surface area contributed by atoms with Crippen LogP contribution in [-0.4, -0.2) is 43.7 Å². The summed E-state index contributed by atoms with van der Waals surface area (Å²) < 4.78 is 11.5. The molecule has 1 heterocycles. The van der Waals surface area contributed by atoms with Crippen LogP contribution in [0.1, 0.15) is 6.92 Å². The fraction of sp³-hybridized carbons (Fsp3) is 0.353. The molecule has 0 aliphatic rings. The molecule has 4 heteroatoms. The summed E-state index contributed by atoms with van der Waals surface area (Å²) in [6.45, 7) is 4.12. The van der Waals surface area contributed by atoms with Crippen molar-refractivity contribution in [2.45, 2.75) is 6.92 Å². The highest BCUT2D eigenvalue weighted by Crippen LogP contribution is 2.32. The molecule has 0 bridgehead atoms. The van der Waals surface area contributed by atoms with E-state index < -0.39 is 0 Å². The summed E-state index contributed by atoms with van der Waals surface area (Å²) in [5.41, 5.74) is 1.89. The Bertz CT molecular complexity index is 556. The van der Waals surface area contributed by atoms with E-state index in [2.05, 4.69) is 9.88 Å². The number of rotatable bonds is 7. The maximum Gasteiger partial charge on any atom is 0.132 e. The summed E-state index contributed by atoms with van der Waals surface area (Å²) in [6, 6.07) is 11.7. The molecule has 4 nitrogen and oxygen atoms in total. The van der Waals surface area contributed by atoms with E-state index in [0.717, 1.165) is 29.3 Å². The molecule has 0 unspecified atom stereocenters. The fourth-order valence-corrected chi connectivity index (χ4v) is 1.95. The molecule has 0 aliphatic carbocycles. The van der Waals surface area contributed by atoms with Gasteiger partial charge in [0.15, 0.2) is 0 Å². The molecule has 1 aromatic carbocycles. The number of pyridine rings is 1. The smallest absolute Gasteiger partial charge is 0.132 e. The second-order valence-electron chi connectivity index (χ2n) is 4.96. The highest BCUT2D eigenvalue weighted by molar-refractivity contribution is 5.68. The Hall–Kier alpha value is -2.07. The van der Waals surface area contributed by atoms with Gasteiger partial charge in [-0.25, -0.2) is 0 Å². The number of aromatic nitrogens is 1. The van der Waals surface area contributed by atoms with Crippen LogP contribution in [0.2, 0.25) is 0 Å². The first-order valence-electron chi connectivity index (χ1n) is 7.16. The van der Waals surface area contributed by atoms with Crippen LogP contribution >= 0.6 is 0 Å². The van der Waals surface area contributed by atoms with Gasteiger partial charge in [-0.2, -0.15) is 0 Å². The van der Waals surface area contributed by atoms with E-state index in [1.54, 1.807) is 6.20 Å². The third kappa shape index (κ3) is 4.46. The molecular weight excluding hydrogens is 264 g/mol. The Kier molecular flexibility index (Phi) is 5.58. The Labute approximate surface area is 126 Å². The normalized spacial score (nSPS) is 10.7. The Morgan fingerprint density at radius 2 is 1.95 bits per heavy atom. The molecule has 0 atom stereocenters. The van der Waals surface area contributed by atoms with Crippen LogP contribution < -0.4 is 9.47 Å². The van der Waals surface area contributed by atoms with Crippen molar-refractivity contribution in [1.29, 1.82) is 0 Å². The zero-order valence-electron chi connectivity index (χ0n) is 12.9. The molecule has 0 N–H and O–H groups in total. The van der Waals surface area contributed by atoms with Gasteiger partial charge in [0.05, 0.1) is 12.3 Å². The zero-order chi connectivity index (χ0) is 15.1. The standard InChI is InChI=1S/C17H22N2O2/c1-4-20-17-13-14(21-12-11-19(2)3)8-9-15(17)16-7-5-6-10-18-16/h5-10,13H,4,11-12H2,1-3H3. The lowest BCUT2D eigenvalue weighted by atomic mass is 10.1. The summed E-state index contributed by atoms with van der Waals surface area (Å²) in [7, 11) is 4.05. The second-order valence-corrected chi connectivity index (χ2v) is 4.96. The summed E-state index contributed by atoms with van der Waals surface area (Å²) in [5.74, 6) is 1.62. The van der Waals surface area contributed by atoms with Gasteiger partial charge in [-0.1, -0.05) is 6.07 Å². The molecule has 0 fully saturated rings. The summed E-state index contributed by atoms with van der Waals surface area (Å²) in [4.78, 5) is 6.47. The average Bonchev–Trinajstić information content (AvgIpc) is 2.48. The molecule has 2 rings (SSSR count). The number of likely N-dealkylation sites (N-methyl/N-ethyl adjacent to an activating group) is 1. The predicted molar refractivity (Wildman–Crippen MR) is 84.9 cm³/mol. The number of hydrogen-bond donors (Lipinski definition) is 0. The Morgan fingerprint density at radius 1 is 1.10 bits per heavy atom. The van der Waals surface area contributed by atoms with Crippen LogP contribution in [0.25, 0.3) is 11.3 Å². The fourth-order valence-electron chi connectivity index (χ4n) is 1.95. The minimum absolute atomic E-state index is 0.612. The van der Waals surface area contributed by atoms with Gasteiger partial charge in [0.25, 0.3) is 0 Å². The second kappa shape index (κ2) is 7.64. The molecule has 21 heavy (non-hydrogen) atoms. The van der Waals surface area contributed by atoms with Crippen molar-refractivity contribution in [3.63, 3.8) is 0 Å². The van der Waals surface area contributed by atoms with Crippen LogP contribution in [-0.2, 0) is 0 Å². The van der Waals surface area contributed by atoms with Crippen LogP contribution in [0.3, 0.4) is 0 Å². The van der Waals surface area contributed by atoms with E-state index >= 15 is 0 Å². The zero-order valence-corrected chi connectivity index (χ0v) is 12.9. The van der Waals surface area contributed by atoms with Crippen molar-refractivity contribution in [2.75, 3.05) is 33.9 Å². The molecule has 2 aromatic rings. The third-order valence-electron chi connectivity index (χ3n) is 3.00. The average molecular weight is 286 g/mol. The SMILES string of the molecule is CCOc1cc(OCCN(C)C)ccc1-c1ccccn1. The van der Waals surface area contributed by atoms with Crippen LogP contribution in [0.4, 0.5) is 0 Å². The maximum atomic E-state index is 5.75. The molecule has 0 saturated heterocycles. The van der Waals surface area contributed by atoms with Crippen molar-refractivity contribution >= 4 is 0 Å². The lowest BCUT2D eigenvalue weighted by molar-refractivity contribution is 0.259. The van der Waals surface area contributed by atoms with Crippen molar-refractivity contribution in [2.24, 2.45) is 0 Å². The van der Waals surface area contributed by atoms with Gasteiger partial charge < -0.3 is 14.4 Å². The molecular formula is C17H22N2O2. The molecule has 1 aromatic heterocycles. The van der Waals surface area contributed by atoms with Crippen molar-refractivity contribution < 1.29 is 9.47 Å². The molecule has 0 spiro atoms. The van der Waals surface area contributed by atoms with Crippen molar-refractivity contribution in [1.82, 2.24) is 9.88 Å². The summed E-state index contributed by atoms with van der Waals surface area (Å²) >= 11 is 0. The highest BCUT2D eigenvalue weighted by atomic mass is 16.5. The van der Waals surface area contributed by atoms with Crippen LogP contribution in [0.5, 0.6) is 11.5 Å². The topological polar surface area (TPSA) is 34.6 Å². The van der Waals surface area contributed by atoms with Gasteiger partial charge in [0.2, 0.25) is 0 Å². The molecule has 112 valence electrons. The number of benzene rings is 1. The van der Waals surface area contributed by atoms with E-state index in [0.29, 0.717) is 13.2 Å². The lowest BCUT2D eigenvalue weighted by Gasteiger charge is -2.14. The van der Waals surface area contributed by atoms with Gasteiger partial charge in [-0.3, -0.25) is 4.98 Å². The van der Waals surface area contributed by atoms with E-state index in [4.69, 9.17) is 9.47 Å². The van der Waals surface area contributed by atoms with Gasteiger partial charge in [0, 0.05) is 24.4 Å². The van der Waals surface area contributed by atoms with Gasteiger partial charge >= 0.3 is 0 Å². The lowest BCUT2D eigenvalue weighted by Crippen LogP contribution is -2.19. The summed E-state index contributed by atoms with van der Waals surface area (Å²) in [6.07, 6.45) is 1.78. The van der Waals surface area contributed by atoms with Gasteiger partial charge in [-0.05, 0) is 45.3 Å². The van der Waals surface area contributed by atoms with Crippen LogP contribution in [0.15, 0.2) is 42.6 Å². The predicted octanol–water partition coefficient (Wildman–Crippen LogP) is 3.09. The van der Waals surface area contributed by atoms with E-state index in [-0.39, 0.29) is 0 Å². The van der Waals surface area contributed by atoms with Crippen molar-refractivity contribution in [3.8, 4) is 22.8 Å². The number of ether oxygens (including phenoxy) is 2. The minimum atomic E-state index is 0.612. The Morgan fingerprint density at radius 3 is 2.62 bits per heavy atom. The largest absolute Gasteiger partial charge is 0.493 e. The van der Waals surface area contributed by atoms with Gasteiger partial charge in [-0.15, -0.1) is 0 Å². The number of hydrogen-bond acceptors (Lipinski definition) is 4. The third-order valence-corrected chi connectivity index (χ3v) is 3.00. The quantitative estimate of drug-likeness (QED) is 0.783. The van der Waals surface area contributed by atoms with E-state index in [1.165, 1.54) is 0 Å². The highest BCUT2D eigenvalue weighted by Gasteiger charge is 2.09.